The number of nitrogens with zero attached hydrogens (tertiary/aromatic N) is 2. The Morgan fingerprint density at radius 2 is 1.93 bits per heavy atom. The van der Waals surface area contributed by atoms with Crippen LogP contribution in [0.4, 0.5) is 0 Å². The van der Waals surface area contributed by atoms with Gasteiger partial charge in [-0.25, -0.2) is 0 Å². The van der Waals surface area contributed by atoms with E-state index in [1.807, 2.05) is 4.68 Å². The molecule has 0 saturated carbocycles. The fraction of sp³-hybridized carbons (Fsp3) is 0.727. The van der Waals surface area contributed by atoms with Crippen LogP contribution in [0.15, 0.2) is 6.20 Å². The molecule has 1 aromatic heterocycles. The van der Waals surface area contributed by atoms with Gasteiger partial charge in [0.25, 0.3) is 0 Å². The molecule has 3 nitrogen and oxygen atoms in total. The van der Waals surface area contributed by atoms with Crippen LogP contribution in [0.25, 0.3) is 0 Å². The highest BCUT2D eigenvalue weighted by atomic mass is 16.3. The van der Waals surface area contributed by atoms with E-state index in [1.54, 1.807) is 6.20 Å². The zero-order valence-electron chi connectivity index (χ0n) is 9.49. The summed E-state index contributed by atoms with van der Waals surface area (Å²) < 4.78 is 1.83. The third-order valence-corrected chi connectivity index (χ3v) is 1.97. The Bertz CT molecular complexity index is 289. The molecule has 0 atom stereocenters. The van der Waals surface area contributed by atoms with Crippen molar-refractivity contribution < 1.29 is 5.11 Å². The van der Waals surface area contributed by atoms with Gasteiger partial charge in [-0.05, 0) is 18.3 Å². The molecule has 0 aromatic carbocycles. The van der Waals surface area contributed by atoms with Gasteiger partial charge in [-0.15, -0.1) is 0 Å². The summed E-state index contributed by atoms with van der Waals surface area (Å²) in [6.07, 6.45) is 2.56. The average Bonchev–Trinajstić information content (AvgIpc) is 2.28. The van der Waals surface area contributed by atoms with Gasteiger partial charge in [-0.2, -0.15) is 5.10 Å². The maximum atomic E-state index is 9.61. The smallest absolute Gasteiger partial charge is 0.156 e. The first-order valence-electron chi connectivity index (χ1n) is 5.24. The molecule has 0 radical (unpaired) electrons. The summed E-state index contributed by atoms with van der Waals surface area (Å²) >= 11 is 0. The molecule has 0 amide bonds. The van der Waals surface area contributed by atoms with Crippen LogP contribution in [0, 0.1) is 11.8 Å². The number of hydrogen-bond donors (Lipinski definition) is 1. The Labute approximate surface area is 85.8 Å². The monoisotopic (exact) mass is 196 g/mol. The molecule has 0 unspecified atom stereocenters. The zero-order valence-corrected chi connectivity index (χ0v) is 9.49. The molecule has 1 heterocycles. The van der Waals surface area contributed by atoms with Gasteiger partial charge in [0.1, 0.15) is 5.69 Å². The molecular formula is C11H20N2O. The predicted molar refractivity (Wildman–Crippen MR) is 57.3 cm³/mol. The lowest BCUT2D eigenvalue weighted by atomic mass is 10.1. The molecule has 0 aliphatic carbocycles. The van der Waals surface area contributed by atoms with E-state index < -0.39 is 0 Å². The van der Waals surface area contributed by atoms with Crippen molar-refractivity contribution in [2.24, 2.45) is 11.8 Å². The maximum absolute atomic E-state index is 9.61. The van der Waals surface area contributed by atoms with Gasteiger partial charge >= 0.3 is 0 Å². The van der Waals surface area contributed by atoms with Crippen molar-refractivity contribution in [1.82, 2.24) is 9.78 Å². The van der Waals surface area contributed by atoms with E-state index in [1.165, 1.54) is 0 Å². The van der Waals surface area contributed by atoms with Gasteiger partial charge in [0, 0.05) is 6.54 Å². The SMILES string of the molecule is CC(C)Cc1nn(CC(C)C)cc1O. The summed E-state index contributed by atoms with van der Waals surface area (Å²) in [5, 5.41) is 14.0. The second-order valence-electron chi connectivity index (χ2n) is 4.67. The summed E-state index contributed by atoms with van der Waals surface area (Å²) in [6, 6.07) is 0. The van der Waals surface area contributed by atoms with Crippen molar-refractivity contribution >= 4 is 0 Å². The molecule has 1 aromatic rings. The quantitative estimate of drug-likeness (QED) is 0.803. The molecule has 1 rings (SSSR count). The second kappa shape index (κ2) is 4.49. The summed E-state index contributed by atoms with van der Waals surface area (Å²) in [4.78, 5) is 0. The molecule has 0 saturated heterocycles. The predicted octanol–water partition coefficient (Wildman–Crippen LogP) is 2.44. The Kier molecular flexibility index (Phi) is 3.55. The first-order valence-corrected chi connectivity index (χ1v) is 5.24. The van der Waals surface area contributed by atoms with Crippen LogP contribution in [0.3, 0.4) is 0 Å². The van der Waals surface area contributed by atoms with Crippen LogP contribution in [0.5, 0.6) is 5.75 Å². The van der Waals surface area contributed by atoms with Gasteiger partial charge in [-0.1, -0.05) is 27.7 Å². The first kappa shape index (κ1) is 11.1. The highest BCUT2D eigenvalue weighted by Crippen LogP contribution is 2.18. The van der Waals surface area contributed by atoms with E-state index in [4.69, 9.17) is 0 Å². The van der Waals surface area contributed by atoms with E-state index in [0.717, 1.165) is 18.7 Å². The lowest BCUT2D eigenvalue weighted by Crippen LogP contribution is -2.05. The van der Waals surface area contributed by atoms with Crippen LogP contribution in [-0.2, 0) is 13.0 Å². The molecule has 3 heteroatoms. The number of aromatic hydroxyl groups is 1. The third-order valence-electron chi connectivity index (χ3n) is 1.97. The minimum absolute atomic E-state index is 0.333. The lowest BCUT2D eigenvalue weighted by molar-refractivity contribution is 0.459. The summed E-state index contributed by atoms with van der Waals surface area (Å²) in [5.41, 5.74) is 0.820. The summed E-state index contributed by atoms with van der Waals surface area (Å²) in [5.74, 6) is 1.42. The van der Waals surface area contributed by atoms with E-state index in [9.17, 15) is 5.11 Å². The van der Waals surface area contributed by atoms with Crippen molar-refractivity contribution in [2.45, 2.75) is 40.7 Å². The van der Waals surface area contributed by atoms with E-state index in [0.29, 0.717) is 17.6 Å². The largest absolute Gasteiger partial charge is 0.504 e. The molecular weight excluding hydrogens is 176 g/mol. The highest BCUT2D eigenvalue weighted by molar-refractivity contribution is 5.22. The molecule has 0 spiro atoms. The van der Waals surface area contributed by atoms with Crippen molar-refractivity contribution in [3.63, 3.8) is 0 Å². The third kappa shape index (κ3) is 3.05. The maximum Gasteiger partial charge on any atom is 0.156 e. The Morgan fingerprint density at radius 1 is 1.29 bits per heavy atom. The number of aromatic nitrogens is 2. The van der Waals surface area contributed by atoms with Crippen molar-refractivity contribution in [2.75, 3.05) is 0 Å². The van der Waals surface area contributed by atoms with Gasteiger partial charge in [-0.3, -0.25) is 4.68 Å². The molecule has 80 valence electrons. The Balaban J connectivity index is 2.72. The molecule has 0 bridgehead atoms. The lowest BCUT2D eigenvalue weighted by Gasteiger charge is -2.04. The van der Waals surface area contributed by atoms with Crippen molar-refractivity contribution in [3.8, 4) is 5.75 Å². The Morgan fingerprint density at radius 3 is 2.43 bits per heavy atom. The van der Waals surface area contributed by atoms with Gasteiger partial charge in [0.2, 0.25) is 0 Å². The van der Waals surface area contributed by atoms with Crippen LogP contribution >= 0.6 is 0 Å². The minimum Gasteiger partial charge on any atom is -0.504 e. The standard InChI is InChI=1S/C11H20N2O/c1-8(2)5-10-11(14)7-13(12-10)6-9(3)4/h7-9,14H,5-6H2,1-4H3. The summed E-state index contributed by atoms with van der Waals surface area (Å²) in [6.45, 7) is 9.40. The highest BCUT2D eigenvalue weighted by Gasteiger charge is 2.09. The van der Waals surface area contributed by atoms with Crippen LogP contribution in [0.2, 0.25) is 0 Å². The number of rotatable bonds is 4. The van der Waals surface area contributed by atoms with Gasteiger partial charge in [0.05, 0.1) is 6.20 Å². The normalized spacial score (nSPS) is 11.6. The van der Waals surface area contributed by atoms with Crippen molar-refractivity contribution in [3.05, 3.63) is 11.9 Å². The molecule has 0 aliphatic rings. The van der Waals surface area contributed by atoms with Gasteiger partial charge < -0.3 is 5.11 Å². The van der Waals surface area contributed by atoms with Crippen molar-refractivity contribution in [1.29, 1.82) is 0 Å². The van der Waals surface area contributed by atoms with Crippen LogP contribution < -0.4 is 0 Å². The topological polar surface area (TPSA) is 38.0 Å². The molecule has 1 N–H and O–H groups in total. The summed E-state index contributed by atoms with van der Waals surface area (Å²) in [7, 11) is 0. The number of hydrogen-bond acceptors (Lipinski definition) is 2. The van der Waals surface area contributed by atoms with Gasteiger partial charge in [0.15, 0.2) is 5.75 Å². The Hall–Kier alpha value is -0.990. The fourth-order valence-electron chi connectivity index (χ4n) is 1.45. The second-order valence-corrected chi connectivity index (χ2v) is 4.67. The minimum atomic E-state index is 0.333. The fourth-order valence-corrected chi connectivity index (χ4v) is 1.45. The van der Waals surface area contributed by atoms with E-state index in [2.05, 4.69) is 32.8 Å². The van der Waals surface area contributed by atoms with Crippen LogP contribution in [-0.4, -0.2) is 14.9 Å². The van der Waals surface area contributed by atoms with E-state index in [-0.39, 0.29) is 0 Å². The molecule has 14 heavy (non-hydrogen) atoms. The molecule has 0 fully saturated rings. The van der Waals surface area contributed by atoms with Crippen LogP contribution in [0.1, 0.15) is 33.4 Å². The average molecular weight is 196 g/mol. The molecule has 0 aliphatic heterocycles. The zero-order chi connectivity index (χ0) is 10.7. The van der Waals surface area contributed by atoms with E-state index >= 15 is 0 Å². The first-order chi connectivity index (χ1) is 6.49.